The number of benzene rings is 1. The summed E-state index contributed by atoms with van der Waals surface area (Å²) in [6.07, 6.45) is 5.50. The van der Waals surface area contributed by atoms with Crippen molar-refractivity contribution in [2.24, 2.45) is 5.92 Å². The van der Waals surface area contributed by atoms with E-state index in [0.717, 1.165) is 31.0 Å². The molecule has 0 N–H and O–H groups in total. The first kappa shape index (κ1) is 15.9. The van der Waals surface area contributed by atoms with Crippen LogP contribution in [-0.2, 0) is 13.0 Å². The molecule has 1 aromatic carbocycles. The van der Waals surface area contributed by atoms with Crippen LogP contribution in [0.15, 0.2) is 24.3 Å². The molecular weight excluding hydrogens is 262 g/mol. The van der Waals surface area contributed by atoms with Gasteiger partial charge in [0.05, 0.1) is 14.2 Å². The Morgan fingerprint density at radius 3 is 2.29 bits per heavy atom. The molecule has 3 nitrogen and oxygen atoms in total. The molecular formula is C18H27NO2. The third kappa shape index (κ3) is 3.41. The molecule has 0 saturated heterocycles. The lowest BCUT2D eigenvalue weighted by Gasteiger charge is -2.36. The molecule has 2 unspecified atom stereocenters. The summed E-state index contributed by atoms with van der Waals surface area (Å²) in [5.74, 6) is 2.23. The number of hydrogen-bond donors (Lipinski definition) is 0. The molecule has 1 heterocycles. The van der Waals surface area contributed by atoms with Crippen LogP contribution in [0.25, 0.3) is 0 Å². The molecule has 0 amide bonds. The van der Waals surface area contributed by atoms with Crippen molar-refractivity contribution < 1.29 is 9.47 Å². The first-order chi connectivity index (χ1) is 10.1. The van der Waals surface area contributed by atoms with E-state index in [1.807, 2.05) is 0 Å². The average Bonchev–Trinajstić information content (AvgIpc) is 2.52. The lowest BCUT2D eigenvalue weighted by molar-refractivity contribution is 0.162. The van der Waals surface area contributed by atoms with Crippen LogP contribution in [0, 0.1) is 5.92 Å². The van der Waals surface area contributed by atoms with Crippen molar-refractivity contribution in [2.75, 3.05) is 20.8 Å². The van der Waals surface area contributed by atoms with Crippen LogP contribution < -0.4 is 9.47 Å². The number of allylic oxidation sites excluding steroid dienone is 1. The van der Waals surface area contributed by atoms with Gasteiger partial charge < -0.3 is 9.47 Å². The van der Waals surface area contributed by atoms with E-state index >= 15 is 0 Å². The maximum atomic E-state index is 5.43. The Kier molecular flexibility index (Phi) is 5.29. The van der Waals surface area contributed by atoms with E-state index in [9.17, 15) is 0 Å². The summed E-state index contributed by atoms with van der Waals surface area (Å²) < 4.78 is 10.8. The molecule has 0 radical (unpaired) electrons. The van der Waals surface area contributed by atoms with Gasteiger partial charge in [-0.25, -0.2) is 0 Å². The molecule has 116 valence electrons. The van der Waals surface area contributed by atoms with Gasteiger partial charge in [-0.05, 0) is 49.4 Å². The lowest BCUT2D eigenvalue weighted by Crippen LogP contribution is -2.40. The van der Waals surface area contributed by atoms with E-state index in [1.54, 1.807) is 14.2 Å². The number of rotatable bonds is 5. The van der Waals surface area contributed by atoms with Crippen LogP contribution in [0.1, 0.15) is 31.9 Å². The fraction of sp³-hybridized carbons (Fsp3) is 0.556. The number of nitrogens with zero attached hydrogens (tertiary/aromatic N) is 1. The lowest BCUT2D eigenvalue weighted by atomic mass is 9.94. The SMILES string of the molecule is CC=CC(C)C(C)N1CCc2cc(OC)c(OC)cc2C1. The van der Waals surface area contributed by atoms with Gasteiger partial charge >= 0.3 is 0 Å². The summed E-state index contributed by atoms with van der Waals surface area (Å²) in [6.45, 7) is 8.78. The van der Waals surface area contributed by atoms with Crippen LogP contribution >= 0.6 is 0 Å². The van der Waals surface area contributed by atoms with Crippen molar-refractivity contribution in [3.63, 3.8) is 0 Å². The first-order valence-electron chi connectivity index (χ1n) is 7.71. The number of methoxy groups -OCH3 is 2. The van der Waals surface area contributed by atoms with E-state index in [1.165, 1.54) is 11.1 Å². The van der Waals surface area contributed by atoms with Crippen LogP contribution in [0.2, 0.25) is 0 Å². The zero-order valence-corrected chi connectivity index (χ0v) is 13.8. The van der Waals surface area contributed by atoms with Crippen LogP contribution in [0.3, 0.4) is 0 Å². The predicted molar refractivity (Wildman–Crippen MR) is 87.1 cm³/mol. The van der Waals surface area contributed by atoms with Crippen molar-refractivity contribution in [3.05, 3.63) is 35.4 Å². The van der Waals surface area contributed by atoms with Gasteiger partial charge in [0, 0.05) is 19.1 Å². The zero-order valence-electron chi connectivity index (χ0n) is 13.8. The highest BCUT2D eigenvalue weighted by atomic mass is 16.5. The molecule has 0 aromatic heterocycles. The standard InChI is InChI=1S/C18H27NO2/c1-6-7-13(2)14(3)19-9-8-15-10-17(20-4)18(21-5)11-16(15)12-19/h6-7,10-11,13-14H,8-9,12H2,1-5H3. The summed E-state index contributed by atoms with van der Waals surface area (Å²) in [5, 5.41) is 0. The summed E-state index contributed by atoms with van der Waals surface area (Å²) in [5.41, 5.74) is 2.74. The van der Waals surface area contributed by atoms with E-state index in [4.69, 9.17) is 9.47 Å². The minimum absolute atomic E-state index is 0.544. The second kappa shape index (κ2) is 6.99. The van der Waals surface area contributed by atoms with Crippen LogP contribution in [0.4, 0.5) is 0 Å². The van der Waals surface area contributed by atoms with E-state index in [-0.39, 0.29) is 0 Å². The number of ether oxygens (including phenoxy) is 2. The van der Waals surface area contributed by atoms with E-state index < -0.39 is 0 Å². The molecule has 2 atom stereocenters. The van der Waals surface area contributed by atoms with Gasteiger partial charge in [-0.2, -0.15) is 0 Å². The number of fused-ring (bicyclic) bond motifs is 1. The molecule has 0 bridgehead atoms. The van der Waals surface area contributed by atoms with E-state index in [0.29, 0.717) is 12.0 Å². The fourth-order valence-electron chi connectivity index (χ4n) is 3.05. The van der Waals surface area contributed by atoms with Crippen molar-refractivity contribution in [2.45, 2.75) is 39.8 Å². The van der Waals surface area contributed by atoms with Gasteiger partial charge in [-0.3, -0.25) is 4.90 Å². The highest BCUT2D eigenvalue weighted by molar-refractivity contribution is 5.48. The zero-order chi connectivity index (χ0) is 15.4. The normalized spacial score (nSPS) is 18.3. The van der Waals surface area contributed by atoms with Gasteiger partial charge in [0.15, 0.2) is 11.5 Å². The average molecular weight is 289 g/mol. The van der Waals surface area contributed by atoms with Crippen LogP contribution in [0.5, 0.6) is 11.5 Å². The smallest absolute Gasteiger partial charge is 0.161 e. The Hall–Kier alpha value is -1.48. The second-order valence-electron chi connectivity index (χ2n) is 5.82. The maximum absolute atomic E-state index is 5.43. The summed E-state index contributed by atoms with van der Waals surface area (Å²) in [6, 6.07) is 4.81. The molecule has 3 heteroatoms. The minimum Gasteiger partial charge on any atom is -0.493 e. The monoisotopic (exact) mass is 289 g/mol. The highest BCUT2D eigenvalue weighted by Crippen LogP contribution is 2.34. The third-order valence-corrected chi connectivity index (χ3v) is 4.58. The predicted octanol–water partition coefficient (Wildman–Crippen LogP) is 3.66. The maximum Gasteiger partial charge on any atom is 0.161 e. The van der Waals surface area contributed by atoms with Crippen molar-refractivity contribution in [1.29, 1.82) is 0 Å². The first-order valence-corrected chi connectivity index (χ1v) is 7.71. The largest absolute Gasteiger partial charge is 0.493 e. The van der Waals surface area contributed by atoms with E-state index in [2.05, 4.69) is 50.0 Å². The molecule has 1 aromatic rings. The van der Waals surface area contributed by atoms with Gasteiger partial charge in [0.1, 0.15) is 0 Å². The summed E-state index contributed by atoms with van der Waals surface area (Å²) >= 11 is 0. The van der Waals surface area contributed by atoms with Gasteiger partial charge in [-0.1, -0.05) is 19.1 Å². The Morgan fingerprint density at radius 1 is 1.10 bits per heavy atom. The molecule has 2 rings (SSSR count). The fourth-order valence-corrected chi connectivity index (χ4v) is 3.05. The third-order valence-electron chi connectivity index (χ3n) is 4.58. The Bertz CT molecular complexity index is 510. The molecule has 21 heavy (non-hydrogen) atoms. The molecule has 0 saturated carbocycles. The van der Waals surface area contributed by atoms with Gasteiger partial charge in [0.25, 0.3) is 0 Å². The Labute approximate surface area is 128 Å². The second-order valence-corrected chi connectivity index (χ2v) is 5.82. The molecule has 1 aliphatic rings. The topological polar surface area (TPSA) is 21.7 Å². The van der Waals surface area contributed by atoms with Crippen molar-refractivity contribution >= 4 is 0 Å². The highest BCUT2D eigenvalue weighted by Gasteiger charge is 2.24. The molecule has 1 aliphatic heterocycles. The molecule has 0 fully saturated rings. The van der Waals surface area contributed by atoms with Crippen molar-refractivity contribution in [3.8, 4) is 11.5 Å². The van der Waals surface area contributed by atoms with Gasteiger partial charge in [-0.15, -0.1) is 0 Å². The van der Waals surface area contributed by atoms with Gasteiger partial charge in [0.2, 0.25) is 0 Å². The summed E-state index contributed by atoms with van der Waals surface area (Å²) in [4.78, 5) is 2.55. The Morgan fingerprint density at radius 2 is 1.71 bits per heavy atom. The molecule has 0 aliphatic carbocycles. The number of hydrogen-bond acceptors (Lipinski definition) is 3. The van der Waals surface area contributed by atoms with Crippen LogP contribution in [-0.4, -0.2) is 31.7 Å². The quantitative estimate of drug-likeness (QED) is 0.772. The molecule has 0 spiro atoms. The summed E-state index contributed by atoms with van der Waals surface area (Å²) in [7, 11) is 3.39. The van der Waals surface area contributed by atoms with Crippen molar-refractivity contribution in [1.82, 2.24) is 4.90 Å². The Balaban J connectivity index is 2.20. The minimum atomic E-state index is 0.544.